The van der Waals surface area contributed by atoms with E-state index in [1.165, 1.54) is 12.1 Å². The van der Waals surface area contributed by atoms with Crippen molar-refractivity contribution in [3.8, 4) is 17.2 Å². The minimum Gasteiger partial charge on any atom is -0.497 e. The second-order valence-electron chi connectivity index (χ2n) is 8.19. The topological polar surface area (TPSA) is 63.3 Å². The van der Waals surface area contributed by atoms with Crippen molar-refractivity contribution >= 4 is 34.5 Å². The molecule has 9 heteroatoms. The van der Waals surface area contributed by atoms with Gasteiger partial charge in [0.05, 0.1) is 14.2 Å². The molecule has 3 aromatic carbocycles. The van der Waals surface area contributed by atoms with Crippen LogP contribution < -0.4 is 24.4 Å². The molecule has 1 N–H and O–H groups in total. The van der Waals surface area contributed by atoms with Gasteiger partial charge in [-0.25, -0.2) is 4.39 Å². The summed E-state index contributed by atoms with van der Waals surface area (Å²) in [7, 11) is 3.12. The lowest BCUT2D eigenvalue weighted by atomic mass is 10.1. The van der Waals surface area contributed by atoms with Gasteiger partial charge in [0.1, 0.15) is 16.6 Å². The van der Waals surface area contributed by atoms with Crippen molar-refractivity contribution in [2.45, 2.75) is 0 Å². The van der Waals surface area contributed by atoms with Gasteiger partial charge in [0.2, 0.25) is 0 Å². The van der Waals surface area contributed by atoms with Crippen LogP contribution in [-0.4, -0.2) is 62.8 Å². The van der Waals surface area contributed by atoms with E-state index in [2.05, 4.69) is 15.1 Å². The normalized spacial score (nSPS) is 13.2. The van der Waals surface area contributed by atoms with E-state index in [0.717, 1.165) is 42.4 Å². The number of piperazine rings is 1. The predicted octanol–water partition coefficient (Wildman–Crippen LogP) is 4.36. The van der Waals surface area contributed by atoms with E-state index >= 15 is 0 Å². The summed E-state index contributed by atoms with van der Waals surface area (Å²) < 4.78 is 29.6. The number of halogens is 1. The Balaban J connectivity index is 1.33. The van der Waals surface area contributed by atoms with Crippen LogP contribution in [0.25, 0.3) is 0 Å². The Morgan fingerprint density at radius 1 is 0.944 bits per heavy atom. The highest BCUT2D eigenvalue weighted by Gasteiger charge is 2.21. The molecule has 0 unspecified atom stereocenters. The average molecular weight is 510 g/mol. The summed E-state index contributed by atoms with van der Waals surface area (Å²) in [5, 5.41) is 2.78. The molecule has 1 aliphatic rings. The van der Waals surface area contributed by atoms with E-state index in [0.29, 0.717) is 22.9 Å². The van der Waals surface area contributed by atoms with Gasteiger partial charge in [-0.05, 0) is 54.6 Å². The Labute approximate surface area is 215 Å². The predicted molar refractivity (Wildman–Crippen MR) is 142 cm³/mol. The second-order valence-corrected chi connectivity index (χ2v) is 8.58. The molecule has 4 rings (SSSR count). The zero-order chi connectivity index (χ0) is 25.5. The fourth-order valence-electron chi connectivity index (χ4n) is 3.96. The highest BCUT2D eigenvalue weighted by molar-refractivity contribution is 7.80. The van der Waals surface area contributed by atoms with Crippen LogP contribution in [0.1, 0.15) is 5.56 Å². The molecule has 1 amide bonds. The van der Waals surface area contributed by atoms with Gasteiger partial charge in [-0.3, -0.25) is 4.79 Å². The molecular weight excluding hydrogens is 481 g/mol. The quantitative estimate of drug-likeness (QED) is 0.453. The Bertz CT molecular complexity index is 1210. The third kappa shape index (κ3) is 6.23. The molecule has 3 aromatic rings. The SMILES string of the molecule is COc1cccc(NC(=O)COc2ccc(C(=S)N3CCN(c4ccc(F)cc4)CC3)cc2OC)c1. The maximum atomic E-state index is 13.2. The van der Waals surface area contributed by atoms with Crippen molar-refractivity contribution in [2.24, 2.45) is 0 Å². The van der Waals surface area contributed by atoms with E-state index in [1.54, 1.807) is 56.7 Å². The molecular formula is C27H28FN3O4S. The molecule has 1 aliphatic heterocycles. The fraction of sp³-hybridized carbons (Fsp3) is 0.259. The van der Waals surface area contributed by atoms with Crippen molar-refractivity contribution in [3.63, 3.8) is 0 Å². The molecule has 0 radical (unpaired) electrons. The van der Waals surface area contributed by atoms with Gasteiger partial charge in [0.15, 0.2) is 18.1 Å². The standard InChI is InChI=1S/C27H28FN3O4S/c1-33-23-5-3-4-21(17-23)29-26(32)18-35-24-11-6-19(16-25(24)34-2)27(36)31-14-12-30(13-15-31)22-9-7-20(28)8-10-22/h3-11,16-17H,12-15,18H2,1-2H3,(H,29,32). The number of benzene rings is 3. The average Bonchev–Trinajstić information content (AvgIpc) is 2.92. The van der Waals surface area contributed by atoms with Crippen LogP contribution >= 0.6 is 12.2 Å². The van der Waals surface area contributed by atoms with Gasteiger partial charge in [0.25, 0.3) is 5.91 Å². The first-order chi connectivity index (χ1) is 17.5. The Hall–Kier alpha value is -3.85. The maximum Gasteiger partial charge on any atom is 0.262 e. The number of hydrogen-bond donors (Lipinski definition) is 1. The first kappa shape index (κ1) is 25.2. The van der Waals surface area contributed by atoms with Crippen molar-refractivity contribution in [2.75, 3.05) is 57.2 Å². The second kappa shape index (κ2) is 11.7. The first-order valence-electron chi connectivity index (χ1n) is 11.5. The molecule has 0 spiro atoms. The molecule has 0 bridgehead atoms. The summed E-state index contributed by atoms with van der Waals surface area (Å²) >= 11 is 5.75. The first-order valence-corrected chi connectivity index (χ1v) is 11.9. The van der Waals surface area contributed by atoms with Gasteiger partial charge in [-0.2, -0.15) is 0 Å². The summed E-state index contributed by atoms with van der Waals surface area (Å²) in [5.41, 5.74) is 2.46. The summed E-state index contributed by atoms with van der Waals surface area (Å²) in [5.74, 6) is 1.06. The molecule has 1 heterocycles. The number of anilines is 2. The van der Waals surface area contributed by atoms with E-state index in [-0.39, 0.29) is 18.3 Å². The number of nitrogens with one attached hydrogen (secondary N) is 1. The van der Waals surface area contributed by atoms with Crippen LogP contribution in [0.5, 0.6) is 17.2 Å². The fourth-order valence-corrected chi connectivity index (χ4v) is 4.27. The van der Waals surface area contributed by atoms with Crippen molar-refractivity contribution < 1.29 is 23.4 Å². The number of thiocarbonyl (C=S) groups is 1. The lowest BCUT2D eigenvalue weighted by Crippen LogP contribution is -2.48. The molecule has 1 saturated heterocycles. The Kier molecular flexibility index (Phi) is 8.22. The smallest absolute Gasteiger partial charge is 0.262 e. The minimum absolute atomic E-state index is 0.178. The van der Waals surface area contributed by atoms with Gasteiger partial charge >= 0.3 is 0 Å². The third-order valence-corrected chi connectivity index (χ3v) is 6.38. The molecule has 0 saturated carbocycles. The van der Waals surface area contributed by atoms with E-state index in [4.69, 9.17) is 26.4 Å². The molecule has 188 valence electrons. The number of nitrogens with zero attached hydrogens (tertiary/aromatic N) is 2. The largest absolute Gasteiger partial charge is 0.497 e. The number of methoxy groups -OCH3 is 2. The minimum atomic E-state index is -0.302. The monoisotopic (exact) mass is 509 g/mol. The summed E-state index contributed by atoms with van der Waals surface area (Å²) in [6, 6.07) is 19.1. The Morgan fingerprint density at radius 3 is 2.39 bits per heavy atom. The van der Waals surface area contributed by atoms with Gasteiger partial charge in [0, 0.05) is 49.2 Å². The number of hydrogen-bond acceptors (Lipinski definition) is 6. The van der Waals surface area contributed by atoms with Crippen LogP contribution in [0.15, 0.2) is 66.7 Å². The zero-order valence-electron chi connectivity index (χ0n) is 20.2. The molecule has 36 heavy (non-hydrogen) atoms. The summed E-state index contributed by atoms with van der Waals surface area (Å²) in [4.78, 5) is 17.4. The molecule has 1 fully saturated rings. The Morgan fingerprint density at radius 2 is 1.69 bits per heavy atom. The van der Waals surface area contributed by atoms with Crippen LogP contribution in [0.2, 0.25) is 0 Å². The highest BCUT2D eigenvalue weighted by Crippen LogP contribution is 2.29. The number of rotatable bonds is 8. The van der Waals surface area contributed by atoms with Crippen LogP contribution in [-0.2, 0) is 4.79 Å². The highest BCUT2D eigenvalue weighted by atomic mass is 32.1. The van der Waals surface area contributed by atoms with E-state index in [1.807, 2.05) is 12.1 Å². The van der Waals surface area contributed by atoms with Gasteiger partial charge in [-0.1, -0.05) is 18.3 Å². The molecule has 7 nitrogen and oxygen atoms in total. The summed E-state index contributed by atoms with van der Waals surface area (Å²) in [6.07, 6.45) is 0. The number of ether oxygens (including phenoxy) is 3. The lowest BCUT2D eigenvalue weighted by Gasteiger charge is -2.37. The van der Waals surface area contributed by atoms with Crippen molar-refractivity contribution in [1.82, 2.24) is 4.90 Å². The number of carbonyl (C=O) groups is 1. The lowest BCUT2D eigenvalue weighted by molar-refractivity contribution is -0.118. The number of amides is 1. The van der Waals surface area contributed by atoms with Crippen molar-refractivity contribution in [1.29, 1.82) is 0 Å². The molecule has 0 atom stereocenters. The molecule has 0 aliphatic carbocycles. The third-order valence-electron chi connectivity index (χ3n) is 5.88. The van der Waals surface area contributed by atoms with Crippen LogP contribution in [0.3, 0.4) is 0 Å². The van der Waals surface area contributed by atoms with Crippen molar-refractivity contribution in [3.05, 3.63) is 78.1 Å². The zero-order valence-corrected chi connectivity index (χ0v) is 21.0. The van der Waals surface area contributed by atoms with Gasteiger partial charge < -0.3 is 29.3 Å². The van der Waals surface area contributed by atoms with E-state index in [9.17, 15) is 9.18 Å². The van der Waals surface area contributed by atoms with Crippen LogP contribution in [0.4, 0.5) is 15.8 Å². The maximum absolute atomic E-state index is 13.2. The summed E-state index contributed by atoms with van der Waals surface area (Å²) in [6.45, 7) is 2.89. The molecule has 0 aromatic heterocycles. The van der Waals surface area contributed by atoms with Crippen LogP contribution in [0, 0.1) is 5.82 Å². The van der Waals surface area contributed by atoms with E-state index < -0.39 is 0 Å². The van der Waals surface area contributed by atoms with Gasteiger partial charge in [-0.15, -0.1) is 0 Å². The number of carbonyl (C=O) groups excluding carboxylic acids is 1.